The first-order valence-corrected chi connectivity index (χ1v) is 3.09. The zero-order valence-electron chi connectivity index (χ0n) is 5.60. The number of halogens is 2. The van der Waals surface area contributed by atoms with Gasteiger partial charge in [-0.3, -0.25) is 4.70 Å². The van der Waals surface area contributed by atoms with Gasteiger partial charge in [-0.15, -0.1) is 0 Å². The zero-order chi connectivity index (χ0) is 6.85. The highest BCUT2D eigenvalue weighted by molar-refractivity contribution is 6.31. The third-order valence-electron chi connectivity index (χ3n) is 1.20. The molecule has 0 aliphatic carbocycles. The third kappa shape index (κ3) is 1.88. The molecule has 1 aromatic carbocycles. The van der Waals surface area contributed by atoms with E-state index in [2.05, 4.69) is 0 Å². The van der Waals surface area contributed by atoms with Crippen LogP contribution in [0.15, 0.2) is 18.2 Å². The van der Waals surface area contributed by atoms with Gasteiger partial charge in [-0.1, -0.05) is 17.7 Å². The Bertz CT molecular complexity index is 225. The normalized spacial score (nSPS) is 8.60. The van der Waals surface area contributed by atoms with Crippen LogP contribution in [0.25, 0.3) is 0 Å². The maximum absolute atomic E-state index is 5.73. The van der Waals surface area contributed by atoms with Gasteiger partial charge < -0.3 is 5.73 Å². The van der Waals surface area contributed by atoms with Crippen LogP contribution >= 0.6 is 11.6 Å². The van der Waals surface area contributed by atoms with Crippen LogP contribution in [0.3, 0.4) is 0 Å². The van der Waals surface area contributed by atoms with Gasteiger partial charge in [-0.2, -0.15) is 0 Å². The predicted molar refractivity (Wildman–Crippen MR) is 43.1 cm³/mol. The van der Waals surface area contributed by atoms with Crippen molar-refractivity contribution in [2.24, 2.45) is 0 Å². The van der Waals surface area contributed by atoms with Crippen LogP contribution in [0.2, 0.25) is 5.02 Å². The second-order valence-corrected chi connectivity index (χ2v) is 2.42. The van der Waals surface area contributed by atoms with Gasteiger partial charge in [0.2, 0.25) is 0 Å². The summed E-state index contributed by atoms with van der Waals surface area (Å²) in [6.45, 7) is 1.95. The van der Waals surface area contributed by atoms with Gasteiger partial charge in [0.05, 0.1) is 0 Å². The van der Waals surface area contributed by atoms with E-state index in [1.165, 1.54) is 0 Å². The minimum Gasteiger partial charge on any atom is -0.399 e. The lowest BCUT2D eigenvalue weighted by molar-refractivity contribution is 1.11. The van der Waals surface area contributed by atoms with Gasteiger partial charge in [0.1, 0.15) is 0 Å². The molecule has 0 radical (unpaired) electrons. The molecule has 0 aromatic heterocycles. The van der Waals surface area contributed by atoms with Crippen molar-refractivity contribution in [2.45, 2.75) is 6.92 Å². The van der Waals surface area contributed by atoms with E-state index >= 15 is 0 Å². The van der Waals surface area contributed by atoms with E-state index in [0.717, 1.165) is 10.6 Å². The Morgan fingerprint density at radius 1 is 1.40 bits per heavy atom. The molecule has 2 N–H and O–H groups in total. The highest BCUT2D eigenvalue weighted by Crippen LogP contribution is 2.17. The van der Waals surface area contributed by atoms with Crippen molar-refractivity contribution in [1.82, 2.24) is 0 Å². The fourth-order valence-corrected chi connectivity index (χ4v) is 0.798. The predicted octanol–water partition coefficient (Wildman–Crippen LogP) is 2.38. The van der Waals surface area contributed by atoms with Gasteiger partial charge in [-0.25, -0.2) is 0 Å². The first-order chi connectivity index (χ1) is 4.20. The van der Waals surface area contributed by atoms with Gasteiger partial charge in [-0.05, 0) is 24.6 Å². The van der Waals surface area contributed by atoms with Crippen molar-refractivity contribution in [1.29, 1.82) is 0 Å². The van der Waals surface area contributed by atoms with Gasteiger partial charge in [0.15, 0.2) is 0 Å². The lowest BCUT2D eigenvalue weighted by Crippen LogP contribution is -1.83. The Balaban J connectivity index is 0.000000810. The van der Waals surface area contributed by atoms with Crippen molar-refractivity contribution in [3.8, 4) is 0 Å². The van der Waals surface area contributed by atoms with Crippen LogP contribution in [0, 0.1) is 6.92 Å². The summed E-state index contributed by atoms with van der Waals surface area (Å²) in [6.07, 6.45) is 0. The van der Waals surface area contributed by atoms with Crippen molar-refractivity contribution in [3.63, 3.8) is 0 Å². The Kier molecular flexibility index (Phi) is 3.16. The summed E-state index contributed by atoms with van der Waals surface area (Å²) in [7, 11) is 0. The standard InChI is InChI=1S/C7H8ClN.FH/c1-5-2-3-6(9)4-7(5)8;/h2-4H,9H2,1H3;1H. The van der Waals surface area contributed by atoms with E-state index in [-0.39, 0.29) is 4.70 Å². The summed E-state index contributed by atoms with van der Waals surface area (Å²) in [5.41, 5.74) is 7.22. The lowest BCUT2D eigenvalue weighted by Gasteiger charge is -1.96. The topological polar surface area (TPSA) is 26.0 Å². The van der Waals surface area contributed by atoms with E-state index in [1.54, 1.807) is 6.07 Å². The van der Waals surface area contributed by atoms with E-state index in [9.17, 15) is 0 Å². The van der Waals surface area contributed by atoms with Crippen molar-refractivity contribution in [2.75, 3.05) is 5.73 Å². The first-order valence-electron chi connectivity index (χ1n) is 2.72. The molecular weight excluding hydrogens is 153 g/mol. The molecular formula is C7H9ClFN. The quantitative estimate of drug-likeness (QED) is 0.581. The fraction of sp³-hybridized carbons (Fsp3) is 0.143. The maximum atomic E-state index is 5.73. The van der Waals surface area contributed by atoms with E-state index in [0.29, 0.717) is 5.69 Å². The average molecular weight is 162 g/mol. The Labute approximate surface area is 64.2 Å². The number of nitrogens with two attached hydrogens (primary N) is 1. The fourth-order valence-electron chi connectivity index (χ4n) is 0.609. The highest BCUT2D eigenvalue weighted by Gasteiger charge is 1.91. The molecule has 0 heterocycles. The van der Waals surface area contributed by atoms with Crippen LogP contribution in [0.4, 0.5) is 10.4 Å². The summed E-state index contributed by atoms with van der Waals surface area (Å²) in [6, 6.07) is 5.48. The monoisotopic (exact) mass is 161 g/mol. The summed E-state index contributed by atoms with van der Waals surface area (Å²) in [5.74, 6) is 0. The molecule has 0 bridgehead atoms. The van der Waals surface area contributed by atoms with Gasteiger partial charge in [0, 0.05) is 10.7 Å². The molecule has 3 heteroatoms. The number of nitrogen functional groups attached to an aromatic ring is 1. The molecule has 0 atom stereocenters. The molecule has 0 amide bonds. The maximum Gasteiger partial charge on any atom is 0.0455 e. The lowest BCUT2D eigenvalue weighted by atomic mass is 10.2. The van der Waals surface area contributed by atoms with Crippen molar-refractivity contribution in [3.05, 3.63) is 28.8 Å². The van der Waals surface area contributed by atoms with Crippen LogP contribution in [0.5, 0.6) is 0 Å². The van der Waals surface area contributed by atoms with Crippen molar-refractivity contribution < 1.29 is 4.70 Å². The number of hydrogen-bond acceptors (Lipinski definition) is 1. The van der Waals surface area contributed by atoms with Crippen LogP contribution < -0.4 is 5.73 Å². The zero-order valence-corrected chi connectivity index (χ0v) is 6.35. The van der Waals surface area contributed by atoms with E-state index in [1.807, 2.05) is 19.1 Å². The highest BCUT2D eigenvalue weighted by atomic mass is 35.5. The summed E-state index contributed by atoms with van der Waals surface area (Å²) >= 11 is 5.73. The second-order valence-electron chi connectivity index (χ2n) is 2.01. The van der Waals surface area contributed by atoms with E-state index in [4.69, 9.17) is 17.3 Å². The molecule has 0 fully saturated rings. The van der Waals surface area contributed by atoms with E-state index < -0.39 is 0 Å². The number of anilines is 1. The average Bonchev–Trinajstić information content (AvgIpc) is 1.80. The van der Waals surface area contributed by atoms with Gasteiger partial charge >= 0.3 is 0 Å². The number of rotatable bonds is 0. The van der Waals surface area contributed by atoms with Crippen molar-refractivity contribution >= 4 is 17.3 Å². The molecule has 1 rings (SSSR count). The minimum atomic E-state index is 0. The largest absolute Gasteiger partial charge is 0.399 e. The Hall–Kier alpha value is -0.760. The number of benzene rings is 1. The second kappa shape index (κ2) is 3.42. The first kappa shape index (κ1) is 9.24. The molecule has 0 aliphatic rings. The number of hydrogen-bond donors (Lipinski definition) is 1. The molecule has 0 spiro atoms. The molecule has 0 saturated carbocycles. The molecule has 0 saturated heterocycles. The van der Waals surface area contributed by atoms with Crippen LogP contribution in [0.1, 0.15) is 5.56 Å². The number of aryl methyl sites for hydroxylation is 1. The smallest absolute Gasteiger partial charge is 0.0455 e. The van der Waals surface area contributed by atoms with Gasteiger partial charge in [0.25, 0.3) is 0 Å². The molecule has 1 aromatic rings. The van der Waals surface area contributed by atoms with Crippen LogP contribution in [-0.2, 0) is 0 Å². The molecule has 0 aliphatic heterocycles. The summed E-state index contributed by atoms with van der Waals surface area (Å²) in [4.78, 5) is 0. The summed E-state index contributed by atoms with van der Waals surface area (Å²) < 4.78 is 0. The summed E-state index contributed by atoms with van der Waals surface area (Å²) in [5, 5.41) is 0.731. The molecule has 56 valence electrons. The van der Waals surface area contributed by atoms with Crippen LogP contribution in [-0.4, -0.2) is 0 Å². The molecule has 0 unspecified atom stereocenters. The Morgan fingerprint density at radius 2 is 2.00 bits per heavy atom. The Morgan fingerprint density at radius 3 is 2.40 bits per heavy atom. The SMILES string of the molecule is Cc1ccc(N)cc1Cl.F. The third-order valence-corrected chi connectivity index (χ3v) is 1.60. The molecule has 1 nitrogen and oxygen atoms in total. The molecule has 10 heavy (non-hydrogen) atoms. The minimum absolute atomic E-state index is 0.